The van der Waals surface area contributed by atoms with Crippen LogP contribution in [0.5, 0.6) is 5.75 Å². The summed E-state index contributed by atoms with van der Waals surface area (Å²) >= 11 is 0. The number of allylic oxidation sites excluding steroid dienone is 4. The van der Waals surface area contributed by atoms with E-state index in [4.69, 9.17) is 15.9 Å². The lowest BCUT2D eigenvalue weighted by molar-refractivity contribution is 0.0683. The number of rotatable bonds is 9. The number of carboxylic acids is 2. The maximum Gasteiger partial charge on any atom is 0.337 e. The highest BCUT2D eigenvalue weighted by Gasteiger charge is 2.19. The van der Waals surface area contributed by atoms with Crippen LogP contribution >= 0.6 is 0 Å². The van der Waals surface area contributed by atoms with E-state index in [9.17, 15) is 19.8 Å². The first-order chi connectivity index (χ1) is 14.8. The van der Waals surface area contributed by atoms with Gasteiger partial charge in [0.1, 0.15) is 5.75 Å². The van der Waals surface area contributed by atoms with Crippen molar-refractivity contribution in [2.75, 3.05) is 24.9 Å². The lowest BCUT2D eigenvalue weighted by Gasteiger charge is -2.15. The Balaban J connectivity index is 2.50. The molecule has 0 saturated carbocycles. The molecular weight excluding hydrogens is 400 g/mol. The van der Waals surface area contributed by atoms with Crippen LogP contribution in [0.15, 0.2) is 60.0 Å². The molecule has 0 spiro atoms. The lowest BCUT2D eigenvalue weighted by atomic mass is 10.0. The number of benzene rings is 2. The van der Waals surface area contributed by atoms with Crippen molar-refractivity contribution in [2.45, 2.75) is 6.92 Å². The second-order valence-electron chi connectivity index (χ2n) is 6.24. The number of ether oxygens (including phenoxy) is 2. The van der Waals surface area contributed by atoms with Crippen LogP contribution in [0.1, 0.15) is 27.6 Å². The number of nitrogens with one attached hydrogen (secondary N) is 2. The van der Waals surface area contributed by atoms with Gasteiger partial charge in [-0.25, -0.2) is 9.59 Å². The molecule has 0 bridgehead atoms. The Kier molecular flexibility index (Phi) is 7.69. The maximum absolute atomic E-state index is 11.8. The summed E-state index contributed by atoms with van der Waals surface area (Å²) in [5.41, 5.74) is 0.647. The molecule has 2 aromatic carbocycles. The molecule has 0 fully saturated rings. The first-order valence-corrected chi connectivity index (χ1v) is 9.01. The van der Waals surface area contributed by atoms with Crippen molar-refractivity contribution in [3.8, 4) is 18.1 Å². The van der Waals surface area contributed by atoms with Gasteiger partial charge in [-0.2, -0.15) is 0 Å². The third kappa shape index (κ3) is 6.05. The van der Waals surface area contributed by atoms with E-state index in [0.29, 0.717) is 17.2 Å². The number of anilines is 3. The zero-order valence-corrected chi connectivity index (χ0v) is 17.2. The normalized spacial score (nSPS) is 11.3. The molecule has 2 aromatic rings. The molecule has 160 valence electrons. The lowest BCUT2D eigenvalue weighted by Crippen LogP contribution is -2.11. The predicted octanol–water partition coefficient (Wildman–Crippen LogP) is 4.31. The average molecular weight is 422 g/mol. The fourth-order valence-corrected chi connectivity index (χ4v) is 2.53. The average Bonchev–Trinajstić information content (AvgIpc) is 2.76. The van der Waals surface area contributed by atoms with Crippen molar-refractivity contribution in [3.63, 3.8) is 0 Å². The first kappa shape index (κ1) is 22.9. The Hall–Kier alpha value is -4.38. The van der Waals surface area contributed by atoms with Crippen LogP contribution < -0.4 is 15.4 Å². The fourth-order valence-electron chi connectivity index (χ4n) is 2.53. The highest BCUT2D eigenvalue weighted by atomic mass is 16.5. The van der Waals surface area contributed by atoms with Crippen LogP contribution in [0.25, 0.3) is 0 Å². The van der Waals surface area contributed by atoms with Crippen LogP contribution in [0.3, 0.4) is 0 Å². The number of carbonyl (C=O) groups is 2. The largest absolute Gasteiger partial charge is 0.501 e. The Morgan fingerprint density at radius 3 is 2.10 bits per heavy atom. The minimum absolute atomic E-state index is 0.0397. The van der Waals surface area contributed by atoms with Crippen molar-refractivity contribution in [1.82, 2.24) is 0 Å². The monoisotopic (exact) mass is 422 g/mol. The van der Waals surface area contributed by atoms with Gasteiger partial charge < -0.3 is 30.3 Å². The number of terminal acetylenes is 1. The fraction of sp³-hybridized carbons (Fsp3) is 0.130. The molecule has 0 heterocycles. The molecule has 8 nitrogen and oxygen atoms in total. The Morgan fingerprint density at radius 2 is 1.58 bits per heavy atom. The molecule has 31 heavy (non-hydrogen) atoms. The number of carboxylic acid groups (broad SMARTS) is 2. The van der Waals surface area contributed by atoms with E-state index >= 15 is 0 Å². The summed E-state index contributed by atoms with van der Waals surface area (Å²) < 4.78 is 10.1. The maximum atomic E-state index is 11.8. The molecule has 2 rings (SSSR count). The first-order valence-electron chi connectivity index (χ1n) is 9.01. The van der Waals surface area contributed by atoms with Gasteiger partial charge in [0.25, 0.3) is 0 Å². The molecule has 0 aromatic heterocycles. The SMILES string of the molecule is C#C/C(=C\C=C(/C)OC)Nc1cc(C(=O)O)c(Nc2ccc(OC)cc2)cc1C(=O)O. The van der Waals surface area contributed by atoms with Crippen molar-refractivity contribution in [3.05, 3.63) is 71.1 Å². The molecule has 8 heteroatoms. The summed E-state index contributed by atoms with van der Waals surface area (Å²) in [6.07, 6.45) is 8.61. The summed E-state index contributed by atoms with van der Waals surface area (Å²) in [5, 5.41) is 25.1. The van der Waals surface area contributed by atoms with Gasteiger partial charge in [-0.1, -0.05) is 5.92 Å². The predicted molar refractivity (Wildman–Crippen MR) is 118 cm³/mol. The van der Waals surface area contributed by atoms with E-state index < -0.39 is 11.9 Å². The molecule has 4 N–H and O–H groups in total. The molecule has 0 amide bonds. The van der Waals surface area contributed by atoms with Gasteiger partial charge in [0.05, 0.1) is 48.2 Å². The molecule has 0 atom stereocenters. The van der Waals surface area contributed by atoms with Crippen LogP contribution in [0.2, 0.25) is 0 Å². The third-order valence-corrected chi connectivity index (χ3v) is 4.22. The molecule has 0 aliphatic heterocycles. The van der Waals surface area contributed by atoms with Crippen molar-refractivity contribution in [1.29, 1.82) is 0 Å². The van der Waals surface area contributed by atoms with Gasteiger partial charge >= 0.3 is 11.9 Å². The van der Waals surface area contributed by atoms with Gasteiger partial charge in [-0.15, -0.1) is 6.42 Å². The minimum Gasteiger partial charge on any atom is -0.501 e. The van der Waals surface area contributed by atoms with Gasteiger partial charge in [0.15, 0.2) is 0 Å². The Morgan fingerprint density at radius 1 is 1.00 bits per heavy atom. The quantitative estimate of drug-likeness (QED) is 0.268. The van der Waals surface area contributed by atoms with E-state index in [0.717, 1.165) is 0 Å². The molecule has 0 aliphatic rings. The van der Waals surface area contributed by atoms with E-state index in [2.05, 4.69) is 16.6 Å². The van der Waals surface area contributed by atoms with Crippen LogP contribution in [-0.2, 0) is 4.74 Å². The molecular formula is C23H22N2O6. The molecule has 0 aliphatic carbocycles. The van der Waals surface area contributed by atoms with E-state index in [1.165, 1.54) is 32.4 Å². The zero-order valence-electron chi connectivity index (χ0n) is 17.2. The van der Waals surface area contributed by atoms with Crippen LogP contribution in [0, 0.1) is 12.3 Å². The smallest absolute Gasteiger partial charge is 0.337 e. The van der Waals surface area contributed by atoms with Crippen molar-refractivity contribution < 1.29 is 29.3 Å². The Labute approximate surface area is 179 Å². The summed E-state index contributed by atoms with van der Waals surface area (Å²) in [6.45, 7) is 1.72. The molecule has 0 unspecified atom stereocenters. The van der Waals surface area contributed by atoms with Crippen LogP contribution in [-0.4, -0.2) is 36.4 Å². The number of hydrogen-bond acceptors (Lipinski definition) is 6. The third-order valence-electron chi connectivity index (χ3n) is 4.22. The van der Waals surface area contributed by atoms with Crippen LogP contribution in [0.4, 0.5) is 17.1 Å². The molecule has 0 radical (unpaired) electrons. The van der Waals surface area contributed by atoms with Gasteiger partial charge in [-0.05, 0) is 55.5 Å². The zero-order chi connectivity index (χ0) is 23.0. The highest BCUT2D eigenvalue weighted by molar-refractivity contribution is 6.03. The number of aromatic carboxylic acids is 2. The van der Waals surface area contributed by atoms with Crippen molar-refractivity contribution in [2.24, 2.45) is 0 Å². The summed E-state index contributed by atoms with van der Waals surface area (Å²) in [5.74, 6) is 1.11. The van der Waals surface area contributed by atoms with Gasteiger partial charge in [0.2, 0.25) is 0 Å². The van der Waals surface area contributed by atoms with E-state index in [1.807, 2.05) is 0 Å². The molecule has 0 saturated heterocycles. The minimum atomic E-state index is -1.25. The standard InChI is InChI=1S/C23H22N2O6/c1-5-15(7-6-14(2)30-3)24-20-12-19(23(28)29)21(13-18(20)22(26)27)25-16-8-10-17(31-4)11-9-16/h1,6-13,24-25H,2-4H3,(H,26,27)(H,28,29)/b14-6+,15-7+. The van der Waals surface area contributed by atoms with Gasteiger partial charge in [0, 0.05) is 5.69 Å². The highest BCUT2D eigenvalue weighted by Crippen LogP contribution is 2.30. The second kappa shape index (κ2) is 10.4. The van der Waals surface area contributed by atoms with E-state index in [-0.39, 0.29) is 28.2 Å². The topological polar surface area (TPSA) is 117 Å². The number of methoxy groups -OCH3 is 2. The van der Waals surface area contributed by atoms with Crippen molar-refractivity contribution >= 4 is 29.0 Å². The summed E-state index contributed by atoms with van der Waals surface area (Å²) in [4.78, 5) is 23.7. The summed E-state index contributed by atoms with van der Waals surface area (Å²) in [6, 6.07) is 9.20. The summed E-state index contributed by atoms with van der Waals surface area (Å²) in [7, 11) is 3.03. The van der Waals surface area contributed by atoms with E-state index in [1.54, 1.807) is 37.3 Å². The Bertz CT molecular complexity index is 1080. The second-order valence-corrected chi connectivity index (χ2v) is 6.24. The number of hydrogen-bond donors (Lipinski definition) is 4. The van der Waals surface area contributed by atoms with Gasteiger partial charge in [-0.3, -0.25) is 0 Å².